The zero-order valence-electron chi connectivity index (χ0n) is 18.7. The summed E-state index contributed by atoms with van der Waals surface area (Å²) in [7, 11) is 0. The topological polar surface area (TPSA) is 76.9 Å². The molecule has 168 valence electrons. The van der Waals surface area contributed by atoms with E-state index in [1.807, 2.05) is 23.1 Å². The van der Waals surface area contributed by atoms with Crippen molar-refractivity contribution in [2.24, 2.45) is 0 Å². The van der Waals surface area contributed by atoms with E-state index in [9.17, 15) is 15.0 Å². The zero-order valence-corrected chi connectivity index (χ0v) is 18.7. The highest BCUT2D eigenvalue weighted by Crippen LogP contribution is 2.42. The number of aliphatic hydroxyl groups excluding tert-OH is 1. The molecule has 1 aromatic carbocycles. The maximum absolute atomic E-state index is 13.1. The number of nitrogens with zero attached hydrogens (tertiary/aromatic N) is 3. The molecule has 4 rings (SSSR count). The molecule has 6 heteroatoms. The van der Waals surface area contributed by atoms with Crippen molar-refractivity contribution in [3.63, 3.8) is 0 Å². The lowest BCUT2D eigenvalue weighted by Gasteiger charge is -2.57. The van der Waals surface area contributed by atoms with E-state index in [4.69, 9.17) is 0 Å². The highest BCUT2D eigenvalue weighted by atomic mass is 16.3. The second kappa shape index (κ2) is 9.41. The molecule has 0 bridgehead atoms. The number of rotatable bonds is 3. The van der Waals surface area contributed by atoms with Gasteiger partial charge in [0, 0.05) is 49.0 Å². The highest BCUT2D eigenvalue weighted by Gasteiger charge is 2.49. The van der Waals surface area contributed by atoms with Crippen molar-refractivity contribution in [2.75, 3.05) is 26.2 Å². The number of amides is 1. The first-order chi connectivity index (χ1) is 15.4. The molecule has 0 spiro atoms. The fraction of sp³-hybridized carbons (Fsp3) is 0.462. The predicted octanol–water partition coefficient (Wildman–Crippen LogP) is 2.27. The number of carbonyl (C=O) groups is 1. The Labute approximate surface area is 189 Å². The summed E-state index contributed by atoms with van der Waals surface area (Å²) < 4.78 is 0. The van der Waals surface area contributed by atoms with E-state index in [-0.39, 0.29) is 30.5 Å². The van der Waals surface area contributed by atoms with Crippen LogP contribution in [0.25, 0.3) is 0 Å². The summed E-state index contributed by atoms with van der Waals surface area (Å²) in [5.74, 6) is 6.01. The van der Waals surface area contributed by atoms with Gasteiger partial charge in [0.2, 0.25) is 0 Å². The van der Waals surface area contributed by atoms with Gasteiger partial charge in [-0.05, 0) is 63.1 Å². The number of aliphatic hydroxyl groups is 2. The molecule has 3 atom stereocenters. The van der Waals surface area contributed by atoms with Crippen LogP contribution in [-0.4, -0.2) is 74.8 Å². The van der Waals surface area contributed by atoms with Gasteiger partial charge in [-0.2, -0.15) is 0 Å². The van der Waals surface area contributed by atoms with Crippen LogP contribution in [0.1, 0.15) is 54.1 Å². The van der Waals surface area contributed by atoms with E-state index in [1.165, 1.54) is 0 Å². The number of carbonyl (C=O) groups excluding carboxylic acids is 1. The molecule has 2 aliphatic heterocycles. The van der Waals surface area contributed by atoms with Gasteiger partial charge < -0.3 is 15.1 Å². The monoisotopic (exact) mass is 433 g/mol. The SMILES string of the molecule is CC(C)(O)C#Cc1ccc([C@@H]2[C@H]3CN(C(=O)c4cccnc4)CCCCN3[C@H]2CO)cc1. The van der Waals surface area contributed by atoms with Crippen LogP contribution >= 0.6 is 0 Å². The second-order valence-electron chi connectivity index (χ2n) is 9.21. The number of fused-ring (bicyclic) bond motifs is 1. The first kappa shape index (κ1) is 22.5. The summed E-state index contributed by atoms with van der Waals surface area (Å²) in [5.41, 5.74) is 1.58. The van der Waals surface area contributed by atoms with Crippen molar-refractivity contribution >= 4 is 5.91 Å². The van der Waals surface area contributed by atoms with Gasteiger partial charge in [0.05, 0.1) is 12.2 Å². The third-order valence-corrected chi connectivity index (χ3v) is 6.37. The van der Waals surface area contributed by atoms with Crippen LogP contribution in [0.15, 0.2) is 48.8 Å². The minimum absolute atomic E-state index is 0.0170. The largest absolute Gasteiger partial charge is 0.395 e. The van der Waals surface area contributed by atoms with Crippen molar-refractivity contribution in [3.05, 3.63) is 65.5 Å². The molecule has 32 heavy (non-hydrogen) atoms. The highest BCUT2D eigenvalue weighted by molar-refractivity contribution is 5.93. The molecule has 2 aromatic rings. The summed E-state index contributed by atoms with van der Waals surface area (Å²) >= 11 is 0. The van der Waals surface area contributed by atoms with Crippen LogP contribution in [0.2, 0.25) is 0 Å². The molecule has 0 aliphatic carbocycles. The zero-order chi connectivity index (χ0) is 22.7. The number of pyridine rings is 1. The number of aromatic nitrogens is 1. The van der Waals surface area contributed by atoms with E-state index in [1.54, 1.807) is 32.3 Å². The Balaban J connectivity index is 1.55. The van der Waals surface area contributed by atoms with Crippen LogP contribution in [0.4, 0.5) is 0 Å². The second-order valence-corrected chi connectivity index (χ2v) is 9.21. The van der Waals surface area contributed by atoms with Crippen molar-refractivity contribution in [3.8, 4) is 11.8 Å². The molecule has 1 amide bonds. The van der Waals surface area contributed by atoms with E-state index in [2.05, 4.69) is 33.9 Å². The van der Waals surface area contributed by atoms with Crippen LogP contribution < -0.4 is 0 Å². The summed E-state index contributed by atoms with van der Waals surface area (Å²) in [6.07, 6.45) is 5.26. The van der Waals surface area contributed by atoms with Gasteiger partial charge in [0.15, 0.2) is 0 Å². The first-order valence-electron chi connectivity index (χ1n) is 11.3. The van der Waals surface area contributed by atoms with Crippen molar-refractivity contribution in [2.45, 2.75) is 50.3 Å². The summed E-state index contributed by atoms with van der Waals surface area (Å²) in [6, 6.07) is 11.9. The average Bonchev–Trinajstić information content (AvgIpc) is 2.77. The van der Waals surface area contributed by atoms with Gasteiger partial charge in [-0.25, -0.2) is 0 Å². The number of benzene rings is 1. The Morgan fingerprint density at radius 3 is 2.59 bits per heavy atom. The van der Waals surface area contributed by atoms with E-state index < -0.39 is 5.60 Å². The van der Waals surface area contributed by atoms with Gasteiger partial charge in [0.25, 0.3) is 5.91 Å². The molecular formula is C26H31N3O3. The molecule has 3 heterocycles. The normalized spacial score (nSPS) is 23.8. The maximum Gasteiger partial charge on any atom is 0.255 e. The Hall–Kier alpha value is -2.72. The van der Waals surface area contributed by atoms with Gasteiger partial charge in [0.1, 0.15) is 5.60 Å². The summed E-state index contributed by atoms with van der Waals surface area (Å²) in [5, 5.41) is 19.9. The standard InChI is InChI=1S/C26H31N3O3/c1-26(2,32)12-11-19-7-9-20(10-8-19)24-22-17-28(25(31)21-6-5-13-27-16-21)14-3-4-15-29(22)23(24)18-30/h5-10,13,16,22-24,30,32H,3-4,14-15,17-18H2,1-2H3/t22-,23+,24-/m1/s1. The molecule has 2 aliphatic rings. The summed E-state index contributed by atoms with van der Waals surface area (Å²) in [4.78, 5) is 21.5. The molecule has 2 saturated heterocycles. The Bertz CT molecular complexity index is 989. The van der Waals surface area contributed by atoms with Gasteiger partial charge in [-0.3, -0.25) is 14.7 Å². The number of hydrogen-bond acceptors (Lipinski definition) is 5. The van der Waals surface area contributed by atoms with Gasteiger partial charge in [-0.1, -0.05) is 24.0 Å². The van der Waals surface area contributed by atoms with Crippen LogP contribution in [0.3, 0.4) is 0 Å². The lowest BCUT2D eigenvalue weighted by atomic mass is 9.74. The first-order valence-corrected chi connectivity index (χ1v) is 11.3. The third-order valence-electron chi connectivity index (χ3n) is 6.37. The number of hydrogen-bond donors (Lipinski definition) is 2. The van der Waals surface area contributed by atoms with Crippen molar-refractivity contribution in [1.82, 2.24) is 14.8 Å². The van der Waals surface area contributed by atoms with E-state index in [0.717, 1.165) is 37.1 Å². The van der Waals surface area contributed by atoms with E-state index >= 15 is 0 Å². The smallest absolute Gasteiger partial charge is 0.255 e. The fourth-order valence-corrected chi connectivity index (χ4v) is 4.81. The van der Waals surface area contributed by atoms with Crippen LogP contribution in [-0.2, 0) is 0 Å². The Kier molecular flexibility index (Phi) is 6.61. The van der Waals surface area contributed by atoms with E-state index in [0.29, 0.717) is 12.1 Å². The summed E-state index contributed by atoms with van der Waals surface area (Å²) in [6.45, 7) is 5.73. The lowest BCUT2D eigenvalue weighted by molar-refractivity contribution is -0.0606. The average molecular weight is 434 g/mol. The fourth-order valence-electron chi connectivity index (χ4n) is 4.81. The molecule has 0 saturated carbocycles. The lowest BCUT2D eigenvalue weighted by Crippen LogP contribution is -2.67. The Morgan fingerprint density at radius 2 is 1.94 bits per heavy atom. The third kappa shape index (κ3) is 4.86. The Morgan fingerprint density at radius 1 is 1.19 bits per heavy atom. The molecule has 0 radical (unpaired) electrons. The van der Waals surface area contributed by atoms with Crippen molar-refractivity contribution in [1.29, 1.82) is 0 Å². The molecule has 6 nitrogen and oxygen atoms in total. The van der Waals surface area contributed by atoms with Crippen LogP contribution in [0, 0.1) is 11.8 Å². The maximum atomic E-state index is 13.1. The molecule has 2 fully saturated rings. The molecule has 2 N–H and O–H groups in total. The van der Waals surface area contributed by atoms with Gasteiger partial charge in [-0.15, -0.1) is 0 Å². The minimum Gasteiger partial charge on any atom is -0.395 e. The van der Waals surface area contributed by atoms with Crippen LogP contribution in [0.5, 0.6) is 0 Å². The quantitative estimate of drug-likeness (QED) is 0.727. The predicted molar refractivity (Wildman–Crippen MR) is 123 cm³/mol. The molecule has 1 aromatic heterocycles. The molecule has 0 unspecified atom stereocenters. The van der Waals surface area contributed by atoms with Gasteiger partial charge >= 0.3 is 0 Å². The molecular weight excluding hydrogens is 402 g/mol. The van der Waals surface area contributed by atoms with Crippen molar-refractivity contribution < 1.29 is 15.0 Å². The minimum atomic E-state index is -1.03.